The average molecular weight is 379 g/mol. The molecular weight excluding hydrogens is 348 g/mol. The summed E-state index contributed by atoms with van der Waals surface area (Å²) in [6.45, 7) is 11.5. The number of hydrogen-bond acceptors (Lipinski definition) is 6. The van der Waals surface area contributed by atoms with E-state index < -0.39 is 0 Å². The Balaban J connectivity index is 2.17. The van der Waals surface area contributed by atoms with Crippen LogP contribution in [0.3, 0.4) is 0 Å². The Labute approximate surface area is 159 Å². The van der Waals surface area contributed by atoms with Crippen molar-refractivity contribution in [3.05, 3.63) is 6.20 Å². The Morgan fingerprint density at radius 3 is 2.58 bits per heavy atom. The fourth-order valence-electron chi connectivity index (χ4n) is 2.76. The first-order chi connectivity index (χ1) is 12.5. The lowest BCUT2D eigenvalue weighted by atomic mass is 10.0. The quantitative estimate of drug-likeness (QED) is 0.487. The Morgan fingerprint density at radius 2 is 1.96 bits per heavy atom. The molecule has 0 radical (unpaired) electrons. The summed E-state index contributed by atoms with van der Waals surface area (Å²) in [5.41, 5.74) is 0.802. The van der Waals surface area contributed by atoms with Crippen LogP contribution in [0.4, 0.5) is 5.82 Å². The first-order valence-corrected chi connectivity index (χ1v) is 10.4. The summed E-state index contributed by atoms with van der Waals surface area (Å²) in [5.74, 6) is 1.92. The molecule has 0 spiro atoms. The standard InChI is InChI=1S/C18H30N6OS/c1-6-13(7-2)17(25)19-9-10-24-16-14(11-20-24)15(21-12(4)5)22-18(23-16)26-8-3/h11-13H,6-10H2,1-5H3,(H,19,25)(H,21,22,23). The second-order valence-corrected chi connectivity index (χ2v) is 7.73. The number of thioether (sulfide) groups is 1. The number of carbonyl (C=O) groups excluding carboxylic acids is 1. The van der Waals surface area contributed by atoms with Crippen molar-refractivity contribution in [3.8, 4) is 0 Å². The number of amides is 1. The van der Waals surface area contributed by atoms with Gasteiger partial charge in [0.2, 0.25) is 5.91 Å². The number of nitrogens with one attached hydrogen (secondary N) is 2. The molecule has 2 N–H and O–H groups in total. The van der Waals surface area contributed by atoms with Gasteiger partial charge in [0.25, 0.3) is 0 Å². The number of hydrogen-bond donors (Lipinski definition) is 2. The summed E-state index contributed by atoms with van der Waals surface area (Å²) in [5, 5.41) is 12.5. The van der Waals surface area contributed by atoms with Crippen LogP contribution in [-0.4, -0.2) is 44.0 Å². The van der Waals surface area contributed by atoms with Crippen molar-refractivity contribution < 1.29 is 4.79 Å². The summed E-state index contributed by atoms with van der Waals surface area (Å²) in [6.07, 6.45) is 3.52. The average Bonchev–Trinajstić information content (AvgIpc) is 2.99. The van der Waals surface area contributed by atoms with Crippen LogP contribution in [-0.2, 0) is 11.3 Å². The van der Waals surface area contributed by atoms with E-state index in [4.69, 9.17) is 0 Å². The van der Waals surface area contributed by atoms with E-state index in [9.17, 15) is 4.79 Å². The molecule has 0 aliphatic heterocycles. The van der Waals surface area contributed by atoms with E-state index in [0.717, 1.165) is 40.6 Å². The third-order valence-electron chi connectivity index (χ3n) is 4.15. The molecule has 2 aromatic rings. The monoisotopic (exact) mass is 378 g/mol. The molecule has 0 atom stereocenters. The van der Waals surface area contributed by atoms with Crippen LogP contribution in [0, 0.1) is 5.92 Å². The van der Waals surface area contributed by atoms with Gasteiger partial charge < -0.3 is 10.6 Å². The van der Waals surface area contributed by atoms with Gasteiger partial charge in [0.05, 0.1) is 18.1 Å². The van der Waals surface area contributed by atoms with E-state index in [1.54, 1.807) is 18.0 Å². The minimum Gasteiger partial charge on any atom is -0.367 e. The fraction of sp³-hybridized carbons (Fsp3) is 0.667. The van der Waals surface area contributed by atoms with Crippen molar-refractivity contribution in [1.29, 1.82) is 0 Å². The number of fused-ring (bicyclic) bond motifs is 1. The van der Waals surface area contributed by atoms with Crippen molar-refractivity contribution in [3.63, 3.8) is 0 Å². The molecule has 8 heteroatoms. The fourth-order valence-corrected chi connectivity index (χ4v) is 3.33. The summed E-state index contributed by atoms with van der Waals surface area (Å²) in [7, 11) is 0. The van der Waals surface area contributed by atoms with Crippen LogP contribution in [0.25, 0.3) is 11.0 Å². The Kier molecular flexibility index (Phi) is 7.68. The molecule has 2 heterocycles. The van der Waals surface area contributed by atoms with Crippen molar-refractivity contribution in [2.24, 2.45) is 5.92 Å². The molecule has 0 aliphatic rings. The van der Waals surface area contributed by atoms with E-state index in [0.29, 0.717) is 13.1 Å². The van der Waals surface area contributed by atoms with Gasteiger partial charge in [0.15, 0.2) is 10.8 Å². The molecule has 26 heavy (non-hydrogen) atoms. The maximum absolute atomic E-state index is 12.1. The Morgan fingerprint density at radius 1 is 1.23 bits per heavy atom. The second kappa shape index (κ2) is 9.75. The normalized spacial score (nSPS) is 11.5. The highest BCUT2D eigenvalue weighted by atomic mass is 32.2. The molecule has 0 unspecified atom stereocenters. The first kappa shape index (κ1) is 20.5. The minimum absolute atomic E-state index is 0.0843. The van der Waals surface area contributed by atoms with Gasteiger partial charge >= 0.3 is 0 Å². The van der Waals surface area contributed by atoms with Crippen molar-refractivity contribution in [2.45, 2.75) is 65.2 Å². The Hall–Kier alpha value is -1.83. The molecule has 144 valence electrons. The van der Waals surface area contributed by atoms with Gasteiger partial charge in [0.1, 0.15) is 5.82 Å². The van der Waals surface area contributed by atoms with Crippen LogP contribution in [0.2, 0.25) is 0 Å². The lowest BCUT2D eigenvalue weighted by Crippen LogP contribution is -2.32. The van der Waals surface area contributed by atoms with Gasteiger partial charge in [-0.25, -0.2) is 14.6 Å². The number of rotatable bonds is 10. The molecule has 2 aromatic heterocycles. The summed E-state index contributed by atoms with van der Waals surface area (Å²) < 4.78 is 1.84. The van der Waals surface area contributed by atoms with E-state index >= 15 is 0 Å². The topological polar surface area (TPSA) is 84.7 Å². The molecule has 0 saturated heterocycles. The zero-order valence-corrected chi connectivity index (χ0v) is 17.2. The number of anilines is 1. The smallest absolute Gasteiger partial charge is 0.223 e. The first-order valence-electron chi connectivity index (χ1n) is 9.40. The lowest BCUT2D eigenvalue weighted by Gasteiger charge is -2.13. The lowest BCUT2D eigenvalue weighted by molar-refractivity contribution is -0.125. The SMILES string of the molecule is CCSc1nc(NC(C)C)c2cnn(CCNC(=O)C(CC)CC)c2n1. The minimum atomic E-state index is 0.0843. The predicted molar refractivity (Wildman–Crippen MR) is 108 cm³/mol. The maximum atomic E-state index is 12.1. The summed E-state index contributed by atoms with van der Waals surface area (Å²) in [4.78, 5) is 21.4. The molecule has 0 fully saturated rings. The van der Waals surface area contributed by atoms with Crippen LogP contribution in [0.15, 0.2) is 11.4 Å². The van der Waals surface area contributed by atoms with Gasteiger partial charge in [-0.1, -0.05) is 32.5 Å². The van der Waals surface area contributed by atoms with Gasteiger partial charge in [-0.3, -0.25) is 4.79 Å². The number of nitrogens with zero attached hydrogens (tertiary/aromatic N) is 4. The molecule has 1 amide bonds. The van der Waals surface area contributed by atoms with Crippen molar-refractivity contribution in [1.82, 2.24) is 25.1 Å². The molecule has 0 bridgehead atoms. The predicted octanol–water partition coefficient (Wildman–Crippen LogP) is 3.31. The highest BCUT2D eigenvalue weighted by molar-refractivity contribution is 7.99. The molecule has 0 aromatic carbocycles. The number of carbonyl (C=O) groups is 1. The van der Waals surface area contributed by atoms with Crippen LogP contribution in [0.5, 0.6) is 0 Å². The van der Waals surface area contributed by atoms with Crippen LogP contribution >= 0.6 is 11.8 Å². The van der Waals surface area contributed by atoms with Crippen molar-refractivity contribution >= 4 is 34.5 Å². The molecular formula is C18H30N6OS. The second-order valence-electron chi connectivity index (χ2n) is 6.50. The zero-order chi connectivity index (χ0) is 19.1. The number of aromatic nitrogens is 4. The van der Waals surface area contributed by atoms with Gasteiger partial charge in [-0.05, 0) is 32.4 Å². The van der Waals surface area contributed by atoms with Gasteiger partial charge in [-0.15, -0.1) is 0 Å². The molecule has 0 saturated carbocycles. The van der Waals surface area contributed by atoms with Crippen LogP contribution < -0.4 is 10.6 Å². The summed E-state index contributed by atoms with van der Waals surface area (Å²) in [6, 6.07) is 0.273. The molecule has 7 nitrogen and oxygen atoms in total. The van der Waals surface area contributed by atoms with E-state index in [1.165, 1.54) is 0 Å². The van der Waals surface area contributed by atoms with Crippen molar-refractivity contribution in [2.75, 3.05) is 17.6 Å². The highest BCUT2D eigenvalue weighted by Gasteiger charge is 2.15. The molecule has 0 aliphatic carbocycles. The van der Waals surface area contributed by atoms with Gasteiger partial charge in [0, 0.05) is 18.5 Å². The van der Waals surface area contributed by atoms with Gasteiger partial charge in [-0.2, -0.15) is 5.10 Å². The van der Waals surface area contributed by atoms with E-state index in [1.807, 2.05) is 18.5 Å². The third kappa shape index (κ3) is 5.09. The van der Waals surface area contributed by atoms with E-state index in [-0.39, 0.29) is 17.9 Å². The third-order valence-corrected chi connectivity index (χ3v) is 4.88. The van der Waals surface area contributed by atoms with Crippen LogP contribution in [0.1, 0.15) is 47.5 Å². The Bertz CT molecular complexity index is 726. The largest absolute Gasteiger partial charge is 0.367 e. The highest BCUT2D eigenvalue weighted by Crippen LogP contribution is 2.24. The molecule has 2 rings (SSSR count). The van der Waals surface area contributed by atoms with E-state index in [2.05, 4.69) is 46.5 Å². The maximum Gasteiger partial charge on any atom is 0.223 e. The summed E-state index contributed by atoms with van der Waals surface area (Å²) >= 11 is 1.61. The zero-order valence-electron chi connectivity index (χ0n) is 16.4.